The van der Waals surface area contributed by atoms with Gasteiger partial charge in [-0.15, -0.1) is 0 Å². The topological polar surface area (TPSA) is 26.3 Å². The van der Waals surface area contributed by atoms with E-state index in [1.807, 2.05) is 19.1 Å². The Morgan fingerprint density at radius 1 is 1.31 bits per heavy atom. The summed E-state index contributed by atoms with van der Waals surface area (Å²) in [5.74, 6) is -0.215. The van der Waals surface area contributed by atoms with E-state index in [-0.39, 0.29) is 5.97 Å². The van der Waals surface area contributed by atoms with E-state index in [9.17, 15) is 4.79 Å². The second-order valence-electron chi connectivity index (χ2n) is 2.72. The maximum absolute atomic E-state index is 11.1. The van der Waals surface area contributed by atoms with Gasteiger partial charge >= 0.3 is 5.97 Å². The molecule has 0 aliphatic carbocycles. The minimum absolute atomic E-state index is 0.215. The fraction of sp³-hybridized carbons (Fsp3) is 0.545. The van der Waals surface area contributed by atoms with Crippen LogP contribution < -0.4 is 0 Å². The summed E-state index contributed by atoms with van der Waals surface area (Å²) in [6.45, 7) is 6.10. The van der Waals surface area contributed by atoms with Crippen molar-refractivity contribution in [2.24, 2.45) is 0 Å². The molecule has 0 rings (SSSR count). The Balaban J connectivity index is 3.87. The zero-order chi connectivity index (χ0) is 10.1. The SMILES string of the molecule is CCC=CCC=C(C)C(=O)OCC. The summed E-state index contributed by atoms with van der Waals surface area (Å²) in [4.78, 5) is 11.1. The number of carbonyl (C=O) groups is 1. The lowest BCUT2D eigenvalue weighted by molar-refractivity contribution is -0.138. The van der Waals surface area contributed by atoms with E-state index in [1.54, 1.807) is 6.92 Å². The molecule has 0 spiro atoms. The Kier molecular flexibility index (Phi) is 6.98. The van der Waals surface area contributed by atoms with E-state index < -0.39 is 0 Å². The second-order valence-corrected chi connectivity index (χ2v) is 2.72. The molecular weight excluding hydrogens is 164 g/mol. The lowest BCUT2D eigenvalue weighted by atomic mass is 10.2. The van der Waals surface area contributed by atoms with Crippen molar-refractivity contribution in [1.29, 1.82) is 0 Å². The van der Waals surface area contributed by atoms with Crippen LogP contribution in [0.5, 0.6) is 0 Å². The minimum atomic E-state index is -0.215. The Labute approximate surface area is 80.3 Å². The molecule has 0 unspecified atom stereocenters. The van der Waals surface area contributed by atoms with Crippen LogP contribution in [-0.2, 0) is 9.53 Å². The molecule has 0 aromatic rings. The van der Waals surface area contributed by atoms with Crippen LogP contribution in [0, 0.1) is 0 Å². The molecule has 2 nitrogen and oxygen atoms in total. The van der Waals surface area contributed by atoms with Crippen LogP contribution in [0.1, 0.15) is 33.6 Å². The summed E-state index contributed by atoms with van der Waals surface area (Å²) in [5, 5.41) is 0. The fourth-order valence-electron chi connectivity index (χ4n) is 0.836. The van der Waals surface area contributed by atoms with Crippen molar-refractivity contribution in [2.45, 2.75) is 33.6 Å². The van der Waals surface area contributed by atoms with Crippen molar-refractivity contribution in [1.82, 2.24) is 0 Å². The van der Waals surface area contributed by atoms with Crippen LogP contribution >= 0.6 is 0 Å². The van der Waals surface area contributed by atoms with Crippen LogP contribution in [0.2, 0.25) is 0 Å². The highest BCUT2D eigenvalue weighted by Crippen LogP contribution is 1.99. The third-order valence-corrected chi connectivity index (χ3v) is 1.56. The molecule has 0 aliphatic heterocycles. The van der Waals surface area contributed by atoms with Gasteiger partial charge in [-0.25, -0.2) is 4.79 Å². The molecule has 0 saturated carbocycles. The third-order valence-electron chi connectivity index (χ3n) is 1.56. The molecule has 0 radical (unpaired) electrons. The van der Waals surface area contributed by atoms with Crippen LogP contribution in [0.4, 0.5) is 0 Å². The first kappa shape index (κ1) is 11.9. The first-order valence-electron chi connectivity index (χ1n) is 4.71. The monoisotopic (exact) mass is 182 g/mol. The molecule has 2 heteroatoms. The maximum Gasteiger partial charge on any atom is 0.333 e. The van der Waals surface area contributed by atoms with Crippen LogP contribution in [0.25, 0.3) is 0 Å². The van der Waals surface area contributed by atoms with Crippen LogP contribution in [0.15, 0.2) is 23.8 Å². The molecule has 0 fully saturated rings. The van der Waals surface area contributed by atoms with E-state index in [0.29, 0.717) is 12.2 Å². The van der Waals surface area contributed by atoms with Crippen molar-refractivity contribution in [3.05, 3.63) is 23.8 Å². The van der Waals surface area contributed by atoms with Crippen molar-refractivity contribution >= 4 is 5.97 Å². The van der Waals surface area contributed by atoms with Gasteiger partial charge in [0, 0.05) is 5.57 Å². The van der Waals surface area contributed by atoms with Crippen molar-refractivity contribution in [3.8, 4) is 0 Å². The zero-order valence-corrected chi connectivity index (χ0v) is 8.67. The summed E-state index contributed by atoms with van der Waals surface area (Å²) in [7, 11) is 0. The summed E-state index contributed by atoms with van der Waals surface area (Å²) >= 11 is 0. The molecule has 0 amide bonds. The molecule has 0 atom stereocenters. The Hall–Kier alpha value is -1.05. The number of rotatable bonds is 5. The average Bonchev–Trinajstić information content (AvgIpc) is 2.12. The largest absolute Gasteiger partial charge is 0.463 e. The molecule has 0 saturated heterocycles. The van der Waals surface area contributed by atoms with Gasteiger partial charge in [-0.3, -0.25) is 0 Å². The van der Waals surface area contributed by atoms with E-state index in [0.717, 1.165) is 12.8 Å². The summed E-state index contributed by atoms with van der Waals surface area (Å²) in [5.41, 5.74) is 0.683. The number of hydrogen-bond acceptors (Lipinski definition) is 2. The van der Waals surface area contributed by atoms with Crippen molar-refractivity contribution in [3.63, 3.8) is 0 Å². The minimum Gasteiger partial charge on any atom is -0.463 e. The molecule has 74 valence electrons. The highest BCUT2D eigenvalue weighted by molar-refractivity contribution is 5.87. The van der Waals surface area contributed by atoms with Crippen molar-refractivity contribution < 1.29 is 9.53 Å². The molecule has 0 aromatic heterocycles. The first-order valence-corrected chi connectivity index (χ1v) is 4.71. The lowest BCUT2D eigenvalue weighted by Gasteiger charge is -1.99. The smallest absolute Gasteiger partial charge is 0.333 e. The molecular formula is C11H18O2. The lowest BCUT2D eigenvalue weighted by Crippen LogP contribution is -2.04. The zero-order valence-electron chi connectivity index (χ0n) is 8.67. The molecule has 0 bridgehead atoms. The molecule has 0 N–H and O–H groups in total. The van der Waals surface area contributed by atoms with Gasteiger partial charge in [0.15, 0.2) is 0 Å². The van der Waals surface area contributed by atoms with Gasteiger partial charge in [0.25, 0.3) is 0 Å². The predicted octanol–water partition coefficient (Wildman–Crippen LogP) is 2.85. The Bertz CT molecular complexity index is 202. The van der Waals surface area contributed by atoms with E-state index >= 15 is 0 Å². The number of esters is 1. The molecule has 13 heavy (non-hydrogen) atoms. The van der Waals surface area contributed by atoms with Gasteiger partial charge in [0.1, 0.15) is 0 Å². The maximum atomic E-state index is 11.1. The molecule has 0 aliphatic rings. The van der Waals surface area contributed by atoms with Crippen LogP contribution in [0.3, 0.4) is 0 Å². The Morgan fingerprint density at radius 3 is 2.54 bits per heavy atom. The third kappa shape index (κ3) is 6.14. The summed E-state index contributed by atoms with van der Waals surface area (Å²) in [6.07, 6.45) is 7.84. The number of hydrogen-bond donors (Lipinski definition) is 0. The quantitative estimate of drug-likeness (QED) is 0.371. The van der Waals surface area contributed by atoms with Gasteiger partial charge < -0.3 is 4.74 Å². The normalized spacial score (nSPS) is 12.1. The van der Waals surface area contributed by atoms with Gasteiger partial charge in [-0.2, -0.15) is 0 Å². The highest BCUT2D eigenvalue weighted by atomic mass is 16.5. The number of allylic oxidation sites excluding steroid dienone is 3. The number of carbonyl (C=O) groups excluding carboxylic acids is 1. The molecule has 0 aromatic carbocycles. The Morgan fingerprint density at radius 2 is 2.00 bits per heavy atom. The predicted molar refractivity (Wildman–Crippen MR) is 54.4 cm³/mol. The van der Waals surface area contributed by atoms with E-state index in [2.05, 4.69) is 13.0 Å². The van der Waals surface area contributed by atoms with Gasteiger partial charge in [0.2, 0.25) is 0 Å². The first-order chi connectivity index (χ1) is 6.22. The number of ether oxygens (including phenoxy) is 1. The van der Waals surface area contributed by atoms with Gasteiger partial charge in [-0.1, -0.05) is 25.2 Å². The standard InChI is InChI=1S/C11H18O2/c1-4-6-7-8-9-10(3)11(12)13-5-2/h6-7,9H,4-5,8H2,1-3H3. The van der Waals surface area contributed by atoms with Crippen molar-refractivity contribution in [2.75, 3.05) is 6.61 Å². The van der Waals surface area contributed by atoms with E-state index in [4.69, 9.17) is 4.74 Å². The fourth-order valence-corrected chi connectivity index (χ4v) is 0.836. The highest BCUT2D eigenvalue weighted by Gasteiger charge is 2.01. The second kappa shape index (κ2) is 7.59. The average molecular weight is 182 g/mol. The summed E-state index contributed by atoms with van der Waals surface area (Å²) < 4.78 is 4.83. The molecule has 0 heterocycles. The van der Waals surface area contributed by atoms with Crippen LogP contribution in [-0.4, -0.2) is 12.6 Å². The van der Waals surface area contributed by atoms with E-state index in [1.165, 1.54) is 0 Å². The van der Waals surface area contributed by atoms with Gasteiger partial charge in [0.05, 0.1) is 6.61 Å². The summed E-state index contributed by atoms with van der Waals surface area (Å²) in [6, 6.07) is 0. The van der Waals surface area contributed by atoms with Gasteiger partial charge in [-0.05, 0) is 26.7 Å².